The van der Waals surface area contributed by atoms with E-state index in [0.717, 1.165) is 6.42 Å². The van der Waals surface area contributed by atoms with Gasteiger partial charge in [-0.2, -0.15) is 12.7 Å². The first kappa shape index (κ1) is 16.8. The number of rotatable bonds is 11. The zero-order valence-corrected chi connectivity index (χ0v) is 11.5. The second-order valence-electron chi connectivity index (χ2n) is 3.76. The molecule has 0 aromatic rings. The minimum Gasteiger partial charge on any atom is -0.396 e. The molecular weight excluding hydrogens is 244 g/mol. The van der Waals surface area contributed by atoms with Crippen LogP contribution in [0, 0.1) is 0 Å². The highest BCUT2D eigenvalue weighted by molar-refractivity contribution is 7.87. The van der Waals surface area contributed by atoms with Crippen LogP contribution in [0.3, 0.4) is 0 Å². The Morgan fingerprint density at radius 1 is 1.29 bits per heavy atom. The van der Waals surface area contributed by atoms with Crippen LogP contribution in [0.25, 0.3) is 0 Å². The normalized spacial score (nSPS) is 12.2. The topological polar surface area (TPSA) is 78.9 Å². The summed E-state index contributed by atoms with van der Waals surface area (Å²) in [7, 11) is -1.92. The molecule has 0 saturated heterocycles. The van der Waals surface area contributed by atoms with E-state index in [4.69, 9.17) is 9.84 Å². The Morgan fingerprint density at radius 3 is 2.59 bits per heavy atom. The zero-order chi connectivity index (χ0) is 13.1. The second-order valence-corrected chi connectivity index (χ2v) is 5.63. The molecule has 0 amide bonds. The Bertz CT molecular complexity index is 269. The lowest BCUT2D eigenvalue weighted by atomic mass is 10.4. The monoisotopic (exact) mass is 268 g/mol. The van der Waals surface area contributed by atoms with Crippen LogP contribution in [0.2, 0.25) is 0 Å². The van der Waals surface area contributed by atoms with Crippen molar-refractivity contribution < 1.29 is 18.3 Å². The van der Waals surface area contributed by atoms with Crippen molar-refractivity contribution in [3.05, 3.63) is 0 Å². The largest absolute Gasteiger partial charge is 0.396 e. The molecule has 0 spiro atoms. The summed E-state index contributed by atoms with van der Waals surface area (Å²) in [6.07, 6.45) is 2.07. The van der Waals surface area contributed by atoms with Gasteiger partial charge in [-0.3, -0.25) is 0 Å². The van der Waals surface area contributed by atoms with Crippen LogP contribution in [0.4, 0.5) is 0 Å². The van der Waals surface area contributed by atoms with Gasteiger partial charge in [0.25, 0.3) is 10.2 Å². The van der Waals surface area contributed by atoms with Crippen molar-refractivity contribution in [2.24, 2.45) is 0 Å². The van der Waals surface area contributed by atoms with Gasteiger partial charge in [-0.15, -0.1) is 0 Å². The van der Waals surface area contributed by atoms with Gasteiger partial charge in [0.05, 0.1) is 0 Å². The van der Waals surface area contributed by atoms with Gasteiger partial charge in [0.1, 0.15) is 0 Å². The highest BCUT2D eigenvalue weighted by Crippen LogP contribution is 1.95. The molecule has 0 heterocycles. The van der Waals surface area contributed by atoms with Gasteiger partial charge < -0.3 is 9.84 Å². The van der Waals surface area contributed by atoms with E-state index < -0.39 is 10.2 Å². The van der Waals surface area contributed by atoms with Crippen LogP contribution in [0.15, 0.2) is 0 Å². The van der Waals surface area contributed by atoms with Crippen LogP contribution < -0.4 is 4.72 Å². The maximum absolute atomic E-state index is 11.6. The van der Waals surface area contributed by atoms with Crippen molar-refractivity contribution in [1.82, 2.24) is 9.03 Å². The molecular formula is C10H24N2O4S. The van der Waals surface area contributed by atoms with E-state index in [1.807, 2.05) is 6.92 Å². The maximum Gasteiger partial charge on any atom is 0.279 e. The summed E-state index contributed by atoms with van der Waals surface area (Å²) in [6.45, 7) is 3.98. The molecule has 0 unspecified atom stereocenters. The van der Waals surface area contributed by atoms with E-state index in [2.05, 4.69) is 4.72 Å². The number of aliphatic hydroxyl groups is 1. The quantitative estimate of drug-likeness (QED) is 0.515. The van der Waals surface area contributed by atoms with Crippen molar-refractivity contribution in [2.45, 2.75) is 26.2 Å². The minimum atomic E-state index is -3.41. The summed E-state index contributed by atoms with van der Waals surface area (Å²) < 4.78 is 32.2. The lowest BCUT2D eigenvalue weighted by Crippen LogP contribution is -2.39. The highest BCUT2D eigenvalue weighted by atomic mass is 32.2. The molecule has 7 heteroatoms. The van der Waals surface area contributed by atoms with Crippen LogP contribution in [0.5, 0.6) is 0 Å². The molecule has 0 aromatic carbocycles. The number of nitrogens with one attached hydrogen (secondary N) is 1. The van der Waals surface area contributed by atoms with E-state index in [-0.39, 0.29) is 6.61 Å². The van der Waals surface area contributed by atoms with Gasteiger partial charge >= 0.3 is 0 Å². The molecule has 2 N–H and O–H groups in total. The molecule has 17 heavy (non-hydrogen) atoms. The molecule has 0 aliphatic rings. The lowest BCUT2D eigenvalue weighted by Gasteiger charge is -2.17. The van der Waals surface area contributed by atoms with Crippen molar-refractivity contribution >= 4 is 10.2 Å². The first-order valence-corrected chi connectivity index (χ1v) is 7.38. The lowest BCUT2D eigenvalue weighted by molar-refractivity contribution is 0.133. The number of aliphatic hydroxyl groups excluding tert-OH is 1. The van der Waals surface area contributed by atoms with Crippen LogP contribution in [0.1, 0.15) is 26.2 Å². The molecule has 104 valence electrons. The van der Waals surface area contributed by atoms with Crippen molar-refractivity contribution in [2.75, 3.05) is 40.0 Å². The highest BCUT2D eigenvalue weighted by Gasteiger charge is 2.15. The summed E-state index contributed by atoms with van der Waals surface area (Å²) >= 11 is 0. The Kier molecular flexibility index (Phi) is 9.66. The average Bonchev–Trinajstić information content (AvgIpc) is 2.30. The third kappa shape index (κ3) is 8.50. The summed E-state index contributed by atoms with van der Waals surface area (Å²) in [6, 6.07) is 0. The van der Waals surface area contributed by atoms with Gasteiger partial charge in [0.15, 0.2) is 0 Å². The van der Waals surface area contributed by atoms with E-state index in [1.165, 1.54) is 11.4 Å². The molecule has 0 fully saturated rings. The fourth-order valence-corrected chi connectivity index (χ4v) is 2.14. The van der Waals surface area contributed by atoms with Gasteiger partial charge in [-0.25, -0.2) is 4.72 Å². The van der Waals surface area contributed by atoms with E-state index >= 15 is 0 Å². The van der Waals surface area contributed by atoms with Crippen molar-refractivity contribution in [3.63, 3.8) is 0 Å². The summed E-state index contributed by atoms with van der Waals surface area (Å²) in [5.41, 5.74) is 0. The zero-order valence-electron chi connectivity index (χ0n) is 10.7. The Labute approximate surface area is 104 Å². The molecule has 0 radical (unpaired) electrons. The summed E-state index contributed by atoms with van der Waals surface area (Å²) in [4.78, 5) is 0. The predicted octanol–water partition coefficient (Wildman–Crippen LogP) is -0.0483. The molecule has 0 aliphatic carbocycles. The molecule has 0 aliphatic heterocycles. The fraction of sp³-hybridized carbons (Fsp3) is 1.00. The van der Waals surface area contributed by atoms with Crippen LogP contribution >= 0.6 is 0 Å². The van der Waals surface area contributed by atoms with Crippen LogP contribution in [-0.4, -0.2) is 57.8 Å². The van der Waals surface area contributed by atoms with Crippen molar-refractivity contribution in [1.29, 1.82) is 0 Å². The van der Waals surface area contributed by atoms with Gasteiger partial charge in [-0.05, 0) is 19.3 Å². The second kappa shape index (κ2) is 9.78. The summed E-state index contributed by atoms with van der Waals surface area (Å²) in [5.74, 6) is 0. The first-order chi connectivity index (χ1) is 8.04. The van der Waals surface area contributed by atoms with Gasteiger partial charge in [0, 0.05) is 40.0 Å². The van der Waals surface area contributed by atoms with Crippen LogP contribution in [-0.2, 0) is 14.9 Å². The molecule has 0 aromatic heterocycles. The minimum absolute atomic E-state index is 0.00921. The third-order valence-electron chi connectivity index (χ3n) is 2.14. The number of hydrogen-bond donors (Lipinski definition) is 2. The molecule has 0 rings (SSSR count). The molecule has 6 nitrogen and oxygen atoms in total. The molecule has 0 saturated carbocycles. The maximum atomic E-state index is 11.6. The number of hydrogen-bond acceptors (Lipinski definition) is 4. The fourth-order valence-electron chi connectivity index (χ4n) is 1.15. The van der Waals surface area contributed by atoms with E-state index in [9.17, 15) is 8.42 Å². The van der Waals surface area contributed by atoms with Crippen molar-refractivity contribution in [3.8, 4) is 0 Å². The van der Waals surface area contributed by atoms with Gasteiger partial charge in [-0.1, -0.05) is 6.92 Å². The number of nitrogens with zero attached hydrogens (tertiary/aromatic N) is 1. The molecule has 0 atom stereocenters. The first-order valence-electron chi connectivity index (χ1n) is 5.94. The Morgan fingerprint density at radius 2 is 2.00 bits per heavy atom. The Balaban J connectivity index is 3.70. The SMILES string of the molecule is CCCOCCCNS(=O)(=O)N(C)CCCO. The number of ether oxygens (including phenoxy) is 1. The van der Waals surface area contributed by atoms with E-state index in [0.29, 0.717) is 39.1 Å². The summed E-state index contributed by atoms with van der Waals surface area (Å²) in [5, 5.41) is 8.62. The third-order valence-corrected chi connectivity index (χ3v) is 3.71. The predicted molar refractivity (Wildman–Crippen MR) is 67.0 cm³/mol. The molecule has 0 bridgehead atoms. The standard InChI is InChI=1S/C10H24N2O4S/c1-3-9-16-10-4-6-11-17(14,15)12(2)7-5-8-13/h11,13H,3-10H2,1-2H3. The average molecular weight is 268 g/mol. The van der Waals surface area contributed by atoms with E-state index in [1.54, 1.807) is 0 Å². The smallest absolute Gasteiger partial charge is 0.279 e. The Hall–Kier alpha value is -0.210. The van der Waals surface area contributed by atoms with Gasteiger partial charge in [0.2, 0.25) is 0 Å².